The van der Waals surface area contributed by atoms with Crippen molar-refractivity contribution in [1.29, 1.82) is 0 Å². The van der Waals surface area contributed by atoms with Gasteiger partial charge in [0.05, 0.1) is 27.3 Å². The highest BCUT2D eigenvalue weighted by Gasteiger charge is 2.60. The van der Waals surface area contributed by atoms with Crippen molar-refractivity contribution in [2.24, 2.45) is 10.9 Å². The number of carbonyl (C=O) groups is 2. The molecule has 42 heavy (non-hydrogen) atoms. The van der Waals surface area contributed by atoms with Crippen LogP contribution in [-0.4, -0.2) is 58.7 Å². The van der Waals surface area contributed by atoms with E-state index in [1.54, 1.807) is 24.0 Å². The summed E-state index contributed by atoms with van der Waals surface area (Å²) in [6.07, 6.45) is 7.30. The van der Waals surface area contributed by atoms with Gasteiger partial charge >= 0.3 is 12.0 Å². The number of nitrogens with zero attached hydrogens (tertiary/aromatic N) is 4. The van der Waals surface area contributed by atoms with Gasteiger partial charge in [-0.25, -0.2) is 14.8 Å². The highest BCUT2D eigenvalue weighted by molar-refractivity contribution is 7.17. The van der Waals surface area contributed by atoms with E-state index in [0.717, 1.165) is 21.5 Å². The maximum absolute atomic E-state index is 13.4. The number of aliphatic imine (C=N–C) groups is 1. The molecule has 11 heteroatoms. The molecule has 2 aromatic heterocycles. The zero-order valence-electron chi connectivity index (χ0n) is 23.0. The van der Waals surface area contributed by atoms with E-state index in [1.807, 2.05) is 78.7 Å². The maximum atomic E-state index is 13.4. The summed E-state index contributed by atoms with van der Waals surface area (Å²) in [6, 6.07) is 18.5. The summed E-state index contributed by atoms with van der Waals surface area (Å²) in [5.41, 5.74) is 4.22. The Bertz CT molecular complexity index is 1660. The molecule has 1 fully saturated rings. The topological polar surface area (TPSA) is 132 Å². The van der Waals surface area contributed by atoms with E-state index < -0.39 is 29.1 Å². The molecule has 2 aliphatic heterocycles. The van der Waals surface area contributed by atoms with Crippen LogP contribution in [-0.2, 0) is 10.2 Å². The van der Waals surface area contributed by atoms with Gasteiger partial charge in [0.1, 0.15) is 5.41 Å². The fraction of sp³-hybridized carbons (Fsp3) is 0.258. The molecule has 6 rings (SSSR count). The molecule has 4 aromatic rings. The van der Waals surface area contributed by atoms with Crippen LogP contribution >= 0.6 is 11.3 Å². The SMILES string of the molecule is CCNC(=O)NC1(C2CNCCC2(C(=O)O)c2ccccc2)N=CC=CN1c1cc(-c2ccccn2)c2scnc2c1. The van der Waals surface area contributed by atoms with Crippen LogP contribution in [0.25, 0.3) is 21.5 Å². The van der Waals surface area contributed by atoms with Gasteiger partial charge in [0.25, 0.3) is 0 Å². The second-order valence-electron chi connectivity index (χ2n) is 10.3. The van der Waals surface area contributed by atoms with Gasteiger partial charge in [0.15, 0.2) is 0 Å². The summed E-state index contributed by atoms with van der Waals surface area (Å²) < 4.78 is 0.979. The third-order valence-corrected chi connectivity index (χ3v) is 8.90. The lowest BCUT2D eigenvalue weighted by molar-refractivity contribution is -0.149. The first kappa shape index (κ1) is 27.6. The molecular weight excluding hydrogens is 550 g/mol. The third-order valence-electron chi connectivity index (χ3n) is 8.03. The smallest absolute Gasteiger partial charge is 0.318 e. The van der Waals surface area contributed by atoms with Crippen molar-refractivity contribution in [3.8, 4) is 11.3 Å². The number of carboxylic acid groups (broad SMARTS) is 1. The van der Waals surface area contributed by atoms with Crippen LogP contribution in [0.15, 0.2) is 89.6 Å². The molecule has 0 spiro atoms. The number of hydrogen-bond acceptors (Lipinski definition) is 8. The van der Waals surface area contributed by atoms with E-state index in [1.165, 1.54) is 11.3 Å². The molecule has 4 N–H and O–H groups in total. The van der Waals surface area contributed by atoms with E-state index in [4.69, 9.17) is 4.99 Å². The second-order valence-corrected chi connectivity index (χ2v) is 11.1. The number of piperidine rings is 1. The van der Waals surface area contributed by atoms with Crippen LogP contribution < -0.4 is 20.9 Å². The van der Waals surface area contributed by atoms with Gasteiger partial charge in [-0.05, 0) is 55.8 Å². The number of pyridine rings is 1. The molecule has 0 saturated carbocycles. The predicted octanol–water partition coefficient (Wildman–Crippen LogP) is 4.37. The van der Waals surface area contributed by atoms with Crippen molar-refractivity contribution in [2.45, 2.75) is 24.5 Å². The number of rotatable bonds is 7. The van der Waals surface area contributed by atoms with Gasteiger partial charge in [0, 0.05) is 43.0 Å². The quantitative estimate of drug-likeness (QED) is 0.255. The van der Waals surface area contributed by atoms with E-state index in [-0.39, 0.29) is 0 Å². The number of carboxylic acids is 1. The number of carbonyl (C=O) groups excluding carboxylic acids is 1. The minimum Gasteiger partial charge on any atom is -0.481 e. The summed E-state index contributed by atoms with van der Waals surface area (Å²) in [4.78, 5) is 42.8. The Labute approximate surface area is 247 Å². The molecule has 0 bridgehead atoms. The largest absolute Gasteiger partial charge is 0.481 e. The Morgan fingerprint density at radius 3 is 2.74 bits per heavy atom. The molecule has 4 heterocycles. The molecule has 2 aromatic carbocycles. The van der Waals surface area contributed by atoms with E-state index >= 15 is 0 Å². The highest BCUT2D eigenvalue weighted by atomic mass is 32.1. The average Bonchev–Trinajstić information content (AvgIpc) is 3.50. The molecule has 2 amide bonds. The van der Waals surface area contributed by atoms with Crippen molar-refractivity contribution >= 4 is 45.5 Å². The Balaban J connectivity index is 1.59. The number of fused-ring (bicyclic) bond motifs is 1. The third kappa shape index (κ3) is 4.60. The van der Waals surface area contributed by atoms with Gasteiger partial charge in [-0.3, -0.25) is 15.1 Å². The van der Waals surface area contributed by atoms with Crippen molar-refractivity contribution in [3.05, 3.63) is 90.2 Å². The van der Waals surface area contributed by atoms with Gasteiger partial charge in [0.2, 0.25) is 5.79 Å². The lowest BCUT2D eigenvalue weighted by Gasteiger charge is -2.54. The number of benzene rings is 2. The fourth-order valence-electron chi connectivity index (χ4n) is 6.18. The molecular formula is C31H31N7O3S. The Kier molecular flexibility index (Phi) is 7.44. The number of anilines is 1. The number of aliphatic carboxylic acids is 1. The van der Waals surface area contributed by atoms with Gasteiger partial charge < -0.3 is 20.6 Å². The lowest BCUT2D eigenvalue weighted by atomic mass is 9.63. The number of amides is 2. The van der Waals surface area contributed by atoms with Crippen molar-refractivity contribution in [2.75, 3.05) is 24.5 Å². The normalized spacial score (nSPS) is 23.5. The maximum Gasteiger partial charge on any atom is 0.318 e. The second kappa shape index (κ2) is 11.3. The van der Waals surface area contributed by atoms with E-state index in [9.17, 15) is 14.7 Å². The van der Waals surface area contributed by atoms with Crippen molar-refractivity contribution < 1.29 is 14.7 Å². The van der Waals surface area contributed by atoms with Crippen LogP contribution in [0.1, 0.15) is 18.9 Å². The molecule has 2 aliphatic rings. The van der Waals surface area contributed by atoms with Crippen LogP contribution in [0.5, 0.6) is 0 Å². The van der Waals surface area contributed by atoms with E-state index in [2.05, 4.69) is 25.9 Å². The molecule has 0 aliphatic carbocycles. The molecule has 0 radical (unpaired) electrons. The lowest BCUT2D eigenvalue weighted by Crippen LogP contribution is -2.73. The predicted molar refractivity (Wildman–Crippen MR) is 165 cm³/mol. The fourth-order valence-corrected chi connectivity index (χ4v) is 6.98. The van der Waals surface area contributed by atoms with Crippen LogP contribution in [0.3, 0.4) is 0 Å². The first-order valence-corrected chi connectivity index (χ1v) is 14.7. The number of hydrogen-bond donors (Lipinski definition) is 4. The molecule has 1 saturated heterocycles. The number of nitrogens with one attached hydrogen (secondary N) is 3. The van der Waals surface area contributed by atoms with E-state index in [0.29, 0.717) is 37.3 Å². The minimum absolute atomic E-state index is 0.293. The first-order valence-electron chi connectivity index (χ1n) is 13.9. The number of aromatic nitrogens is 2. The standard InChI is InChI=1S/C31H31N7O3S/c1-2-33-29(41)37-31(26-19-32-15-12-30(26,28(39)40)21-9-4-3-5-10-21)36-14-8-16-38(31)22-17-23(24-11-6-7-13-34-24)27-25(18-22)35-20-42-27/h3-11,13-14,16-18,20,26,32H,2,12,15,19H2,1H3,(H,39,40)(H2,33,37,41). The molecule has 3 atom stereocenters. The first-order chi connectivity index (χ1) is 20.5. The molecule has 3 unspecified atom stereocenters. The molecule has 10 nitrogen and oxygen atoms in total. The minimum atomic E-state index is -1.51. The van der Waals surface area contributed by atoms with Crippen LogP contribution in [0.2, 0.25) is 0 Å². The Morgan fingerprint density at radius 1 is 1.14 bits per heavy atom. The summed E-state index contributed by atoms with van der Waals surface area (Å²) in [7, 11) is 0. The summed E-state index contributed by atoms with van der Waals surface area (Å²) in [6.45, 7) is 3.02. The van der Waals surface area contributed by atoms with Gasteiger partial charge in [-0.2, -0.15) is 0 Å². The van der Waals surface area contributed by atoms with Crippen LogP contribution in [0.4, 0.5) is 10.5 Å². The van der Waals surface area contributed by atoms with Crippen LogP contribution in [0, 0.1) is 5.92 Å². The average molecular weight is 582 g/mol. The Morgan fingerprint density at radius 2 is 1.98 bits per heavy atom. The highest BCUT2D eigenvalue weighted by Crippen LogP contribution is 2.48. The van der Waals surface area contributed by atoms with Gasteiger partial charge in [-0.1, -0.05) is 36.4 Å². The number of allylic oxidation sites excluding steroid dienone is 1. The summed E-state index contributed by atoms with van der Waals surface area (Å²) in [5, 5.41) is 20.3. The number of thiazole rings is 1. The Hall–Kier alpha value is -4.61. The van der Waals surface area contributed by atoms with Crippen molar-refractivity contribution in [1.82, 2.24) is 25.9 Å². The summed E-state index contributed by atoms with van der Waals surface area (Å²) >= 11 is 1.53. The number of urea groups is 1. The zero-order chi connectivity index (χ0) is 29.2. The van der Waals surface area contributed by atoms with Crippen molar-refractivity contribution in [3.63, 3.8) is 0 Å². The molecule has 214 valence electrons. The van der Waals surface area contributed by atoms with Gasteiger partial charge in [-0.15, -0.1) is 11.3 Å². The zero-order valence-corrected chi connectivity index (χ0v) is 23.8. The monoisotopic (exact) mass is 581 g/mol. The summed E-state index contributed by atoms with van der Waals surface area (Å²) in [5.74, 6) is -3.21.